The average molecular weight is 564 g/mol. The van der Waals surface area contributed by atoms with Crippen molar-refractivity contribution in [3.05, 3.63) is 102 Å². The second-order valence-electron chi connectivity index (χ2n) is 11.2. The van der Waals surface area contributed by atoms with Crippen LogP contribution in [0.4, 0.5) is 5.69 Å². The molecular formula is C32H41N3O4S. The number of carbonyl (C=O) groups excluding carboxylic acids is 2. The standard InChI is InChI=1S/C32H41N3O4S/c1-25-15-12-13-18-27(25)24-34(29(31(37)33-32(2,3)4)23-26-16-8-6-9-17-26)30(36)21-14-22-35(40(5,38)39)28-19-10-7-11-20-28/h6-13,15-20,29H,14,21-24H2,1-5H3,(H,33,37)/t29-/m1/s1. The molecule has 40 heavy (non-hydrogen) atoms. The van der Waals surface area contributed by atoms with Crippen molar-refractivity contribution < 1.29 is 18.0 Å². The molecule has 0 unspecified atom stereocenters. The molecule has 1 atom stereocenters. The van der Waals surface area contributed by atoms with Crippen molar-refractivity contribution >= 4 is 27.5 Å². The smallest absolute Gasteiger partial charge is 0.243 e. The molecule has 3 aromatic carbocycles. The number of rotatable bonds is 12. The molecule has 7 nitrogen and oxygen atoms in total. The maximum Gasteiger partial charge on any atom is 0.243 e. The highest BCUT2D eigenvalue weighted by Crippen LogP contribution is 2.21. The monoisotopic (exact) mass is 563 g/mol. The summed E-state index contributed by atoms with van der Waals surface area (Å²) >= 11 is 0. The first kappa shape index (κ1) is 30.9. The van der Waals surface area contributed by atoms with Gasteiger partial charge in [-0.05, 0) is 62.9 Å². The number of anilines is 1. The Morgan fingerprint density at radius 2 is 1.45 bits per heavy atom. The Labute approximate surface area is 239 Å². The Hall–Kier alpha value is -3.65. The Morgan fingerprint density at radius 1 is 0.875 bits per heavy atom. The summed E-state index contributed by atoms with van der Waals surface area (Å²) in [5, 5.41) is 3.07. The molecular weight excluding hydrogens is 522 g/mol. The molecule has 0 spiro atoms. The van der Waals surface area contributed by atoms with Crippen molar-refractivity contribution in [3.63, 3.8) is 0 Å². The van der Waals surface area contributed by atoms with Crippen molar-refractivity contribution in [2.45, 2.75) is 65.1 Å². The third-order valence-electron chi connectivity index (χ3n) is 6.57. The number of amides is 2. The van der Waals surface area contributed by atoms with Crippen LogP contribution in [0.5, 0.6) is 0 Å². The summed E-state index contributed by atoms with van der Waals surface area (Å²) in [7, 11) is -3.54. The van der Waals surface area contributed by atoms with E-state index >= 15 is 0 Å². The number of sulfonamides is 1. The average Bonchev–Trinajstić information content (AvgIpc) is 2.89. The predicted octanol–water partition coefficient (Wildman–Crippen LogP) is 5.10. The molecule has 1 N–H and O–H groups in total. The number of para-hydroxylation sites is 1. The van der Waals surface area contributed by atoms with Gasteiger partial charge in [-0.3, -0.25) is 13.9 Å². The topological polar surface area (TPSA) is 86.8 Å². The number of benzene rings is 3. The zero-order chi connectivity index (χ0) is 29.3. The number of nitrogens with zero attached hydrogens (tertiary/aromatic N) is 2. The van der Waals surface area contributed by atoms with Crippen molar-refractivity contribution in [3.8, 4) is 0 Å². The lowest BCUT2D eigenvalue weighted by molar-refractivity contribution is -0.142. The molecule has 0 bridgehead atoms. The van der Waals surface area contributed by atoms with Crippen LogP contribution in [0.15, 0.2) is 84.9 Å². The molecule has 8 heteroatoms. The second kappa shape index (κ2) is 13.6. The lowest BCUT2D eigenvalue weighted by Gasteiger charge is -2.34. The van der Waals surface area contributed by atoms with Gasteiger partial charge in [-0.2, -0.15) is 0 Å². The van der Waals surface area contributed by atoms with Gasteiger partial charge >= 0.3 is 0 Å². The van der Waals surface area contributed by atoms with Gasteiger partial charge in [-0.25, -0.2) is 8.42 Å². The Balaban J connectivity index is 1.91. The normalized spacial score (nSPS) is 12.4. The van der Waals surface area contributed by atoms with E-state index in [1.54, 1.807) is 29.2 Å². The Bertz CT molecular complexity index is 1370. The summed E-state index contributed by atoms with van der Waals surface area (Å²) in [5.74, 6) is -0.421. The number of nitrogens with one attached hydrogen (secondary N) is 1. The van der Waals surface area contributed by atoms with Gasteiger partial charge in [0.15, 0.2) is 0 Å². The third-order valence-corrected chi connectivity index (χ3v) is 7.76. The lowest BCUT2D eigenvalue weighted by atomic mass is 9.99. The summed E-state index contributed by atoms with van der Waals surface area (Å²) < 4.78 is 26.4. The van der Waals surface area contributed by atoms with Crippen LogP contribution in [0.2, 0.25) is 0 Å². The van der Waals surface area contributed by atoms with Gasteiger partial charge in [-0.15, -0.1) is 0 Å². The molecule has 0 aliphatic rings. The highest BCUT2D eigenvalue weighted by atomic mass is 32.2. The summed E-state index contributed by atoms with van der Waals surface area (Å²) in [5.41, 5.74) is 3.02. The predicted molar refractivity (Wildman–Crippen MR) is 161 cm³/mol. The van der Waals surface area contributed by atoms with E-state index in [1.807, 2.05) is 88.4 Å². The number of hydrogen-bond acceptors (Lipinski definition) is 4. The molecule has 0 saturated carbocycles. The maximum atomic E-state index is 13.9. The SMILES string of the molecule is Cc1ccccc1CN(C(=O)CCCN(c1ccccc1)S(C)(=O)=O)[C@H](Cc1ccccc1)C(=O)NC(C)(C)C. The summed E-state index contributed by atoms with van der Waals surface area (Å²) in [6, 6.07) is 25.6. The van der Waals surface area contributed by atoms with E-state index in [9.17, 15) is 18.0 Å². The van der Waals surface area contributed by atoms with E-state index in [2.05, 4.69) is 5.32 Å². The molecule has 3 aromatic rings. The van der Waals surface area contributed by atoms with E-state index in [0.29, 0.717) is 18.5 Å². The van der Waals surface area contributed by atoms with Crippen LogP contribution >= 0.6 is 0 Å². The summed E-state index contributed by atoms with van der Waals surface area (Å²) in [6.07, 6.45) is 1.93. The lowest BCUT2D eigenvalue weighted by Crippen LogP contribution is -2.54. The number of aryl methyl sites for hydroxylation is 1. The third kappa shape index (κ3) is 9.23. The first-order chi connectivity index (χ1) is 18.8. The van der Waals surface area contributed by atoms with E-state index in [4.69, 9.17) is 0 Å². The number of carbonyl (C=O) groups is 2. The van der Waals surface area contributed by atoms with Gasteiger partial charge in [0.05, 0.1) is 11.9 Å². The molecule has 2 amide bonds. The van der Waals surface area contributed by atoms with Crippen LogP contribution in [-0.4, -0.2) is 49.5 Å². The van der Waals surface area contributed by atoms with E-state index in [1.165, 1.54) is 10.6 Å². The van der Waals surface area contributed by atoms with Gasteiger partial charge in [0.2, 0.25) is 21.8 Å². The molecule has 0 aliphatic carbocycles. The van der Waals surface area contributed by atoms with E-state index < -0.39 is 21.6 Å². The largest absolute Gasteiger partial charge is 0.350 e. The van der Waals surface area contributed by atoms with Gasteiger partial charge in [0.1, 0.15) is 6.04 Å². The molecule has 214 valence electrons. The molecule has 0 radical (unpaired) electrons. The van der Waals surface area contributed by atoms with Crippen molar-refractivity contribution in [1.82, 2.24) is 10.2 Å². The summed E-state index contributed by atoms with van der Waals surface area (Å²) in [6.45, 7) is 8.17. The fraction of sp³-hybridized carbons (Fsp3) is 0.375. The van der Waals surface area contributed by atoms with Crippen LogP contribution in [-0.2, 0) is 32.6 Å². The van der Waals surface area contributed by atoms with Crippen molar-refractivity contribution in [1.29, 1.82) is 0 Å². The fourth-order valence-corrected chi connectivity index (χ4v) is 5.54. The van der Waals surface area contributed by atoms with Crippen molar-refractivity contribution in [2.75, 3.05) is 17.1 Å². The minimum Gasteiger partial charge on any atom is -0.350 e. The Kier molecular flexibility index (Phi) is 10.5. The van der Waals surface area contributed by atoms with E-state index in [-0.39, 0.29) is 31.3 Å². The maximum absolute atomic E-state index is 13.9. The van der Waals surface area contributed by atoms with Crippen molar-refractivity contribution in [2.24, 2.45) is 0 Å². The summed E-state index contributed by atoms with van der Waals surface area (Å²) in [4.78, 5) is 29.3. The van der Waals surface area contributed by atoms with Gasteiger partial charge in [0.25, 0.3) is 0 Å². The minimum absolute atomic E-state index is 0.0961. The van der Waals surface area contributed by atoms with Crippen LogP contribution < -0.4 is 9.62 Å². The first-order valence-electron chi connectivity index (χ1n) is 13.6. The minimum atomic E-state index is -3.54. The zero-order valence-electron chi connectivity index (χ0n) is 24.1. The van der Waals surface area contributed by atoms with Gasteiger partial charge in [-0.1, -0.05) is 72.8 Å². The van der Waals surface area contributed by atoms with Crippen LogP contribution in [0, 0.1) is 6.92 Å². The van der Waals surface area contributed by atoms with Crippen LogP contribution in [0.1, 0.15) is 50.3 Å². The van der Waals surface area contributed by atoms with Crippen LogP contribution in [0.3, 0.4) is 0 Å². The molecule has 0 heterocycles. The molecule has 0 saturated heterocycles. The highest BCUT2D eigenvalue weighted by molar-refractivity contribution is 7.92. The fourth-order valence-electron chi connectivity index (χ4n) is 4.58. The quantitative estimate of drug-likeness (QED) is 0.332. The number of hydrogen-bond donors (Lipinski definition) is 1. The molecule has 0 aromatic heterocycles. The highest BCUT2D eigenvalue weighted by Gasteiger charge is 2.32. The van der Waals surface area contributed by atoms with Gasteiger partial charge in [0, 0.05) is 31.5 Å². The van der Waals surface area contributed by atoms with Gasteiger partial charge < -0.3 is 10.2 Å². The van der Waals surface area contributed by atoms with Crippen LogP contribution in [0.25, 0.3) is 0 Å². The second-order valence-corrected chi connectivity index (χ2v) is 13.1. The Morgan fingerprint density at radius 3 is 2.02 bits per heavy atom. The first-order valence-corrected chi connectivity index (χ1v) is 15.4. The van der Waals surface area contributed by atoms with E-state index in [0.717, 1.165) is 16.7 Å². The molecule has 3 rings (SSSR count). The molecule has 0 aliphatic heterocycles. The molecule has 0 fully saturated rings. The zero-order valence-corrected chi connectivity index (χ0v) is 24.9.